The number of hydrogen-bond acceptors (Lipinski definition) is 2. The number of aliphatic hydroxyl groups is 2. The molecule has 78 valence electrons. The summed E-state index contributed by atoms with van der Waals surface area (Å²) >= 11 is 0. The quantitative estimate of drug-likeness (QED) is 0.450. The van der Waals surface area contributed by atoms with Gasteiger partial charge in [0.2, 0.25) is 0 Å². The fourth-order valence-corrected chi connectivity index (χ4v) is 1.41. The van der Waals surface area contributed by atoms with E-state index in [2.05, 4.69) is 13.5 Å². The Hall–Kier alpha value is -0.340. The first-order chi connectivity index (χ1) is 6.26. The lowest BCUT2D eigenvalue weighted by atomic mass is 9.95. The van der Waals surface area contributed by atoms with E-state index < -0.39 is 0 Å². The average molecular weight is 186 g/mol. The second kappa shape index (κ2) is 8.27. The van der Waals surface area contributed by atoms with E-state index in [-0.39, 0.29) is 18.6 Å². The van der Waals surface area contributed by atoms with E-state index in [1.807, 2.05) is 0 Å². The van der Waals surface area contributed by atoms with Crippen molar-refractivity contribution in [1.82, 2.24) is 0 Å². The Labute approximate surface area is 81.3 Å². The van der Waals surface area contributed by atoms with Crippen LogP contribution in [0.5, 0.6) is 0 Å². The van der Waals surface area contributed by atoms with Gasteiger partial charge in [-0.3, -0.25) is 0 Å². The summed E-state index contributed by atoms with van der Waals surface area (Å²) in [7, 11) is 0. The van der Waals surface area contributed by atoms with E-state index in [4.69, 9.17) is 5.11 Å². The molecule has 0 unspecified atom stereocenters. The summed E-state index contributed by atoms with van der Waals surface area (Å²) in [6, 6.07) is 0. The van der Waals surface area contributed by atoms with E-state index >= 15 is 0 Å². The molecule has 0 saturated heterocycles. The van der Waals surface area contributed by atoms with Crippen LogP contribution in [-0.4, -0.2) is 22.9 Å². The third-order valence-electron chi connectivity index (χ3n) is 2.35. The van der Waals surface area contributed by atoms with Gasteiger partial charge in [-0.15, -0.1) is 6.58 Å². The van der Waals surface area contributed by atoms with Crippen LogP contribution in [0.1, 0.15) is 39.0 Å². The molecule has 0 spiro atoms. The Morgan fingerprint density at radius 2 is 2.08 bits per heavy atom. The van der Waals surface area contributed by atoms with Gasteiger partial charge in [-0.05, 0) is 12.8 Å². The number of aliphatic hydroxyl groups excluding tert-OH is 2. The SMILES string of the molecule is C=CC[C@@H](CO)[C@@H](O)CCCCC. The smallest absolute Gasteiger partial charge is 0.0593 e. The predicted molar refractivity (Wildman–Crippen MR) is 55.5 cm³/mol. The minimum absolute atomic E-state index is 0.0191. The molecule has 0 aromatic carbocycles. The molecule has 0 fully saturated rings. The van der Waals surface area contributed by atoms with Crippen LogP contribution in [0.25, 0.3) is 0 Å². The predicted octanol–water partition coefficient (Wildman–Crippen LogP) is 2.11. The van der Waals surface area contributed by atoms with E-state index in [0.717, 1.165) is 25.7 Å². The molecule has 2 nitrogen and oxygen atoms in total. The number of rotatable bonds is 8. The molecule has 0 aliphatic rings. The van der Waals surface area contributed by atoms with Gasteiger partial charge in [-0.25, -0.2) is 0 Å². The molecule has 2 heteroatoms. The van der Waals surface area contributed by atoms with Gasteiger partial charge in [0.05, 0.1) is 6.10 Å². The lowest BCUT2D eigenvalue weighted by Gasteiger charge is -2.19. The summed E-state index contributed by atoms with van der Waals surface area (Å²) < 4.78 is 0. The second-order valence-electron chi connectivity index (χ2n) is 3.53. The van der Waals surface area contributed by atoms with Crippen LogP contribution in [0.3, 0.4) is 0 Å². The highest BCUT2D eigenvalue weighted by molar-refractivity contribution is 4.77. The topological polar surface area (TPSA) is 40.5 Å². The Bertz CT molecular complexity index is 123. The van der Waals surface area contributed by atoms with E-state index in [1.165, 1.54) is 0 Å². The molecule has 2 atom stereocenters. The highest BCUT2D eigenvalue weighted by atomic mass is 16.3. The average Bonchev–Trinajstić information content (AvgIpc) is 2.14. The molecule has 0 aromatic rings. The highest BCUT2D eigenvalue weighted by Gasteiger charge is 2.15. The fourth-order valence-electron chi connectivity index (χ4n) is 1.41. The lowest BCUT2D eigenvalue weighted by molar-refractivity contribution is 0.0605. The van der Waals surface area contributed by atoms with Crippen LogP contribution < -0.4 is 0 Å². The third kappa shape index (κ3) is 5.83. The lowest BCUT2D eigenvalue weighted by Crippen LogP contribution is -2.23. The van der Waals surface area contributed by atoms with Gasteiger partial charge in [0.1, 0.15) is 0 Å². The zero-order valence-electron chi connectivity index (χ0n) is 8.58. The molecule has 0 rings (SSSR count). The molecule has 0 bridgehead atoms. The van der Waals surface area contributed by atoms with Crippen LogP contribution in [0.15, 0.2) is 12.7 Å². The maximum absolute atomic E-state index is 9.66. The van der Waals surface area contributed by atoms with Gasteiger partial charge in [-0.2, -0.15) is 0 Å². The third-order valence-corrected chi connectivity index (χ3v) is 2.35. The fraction of sp³-hybridized carbons (Fsp3) is 0.818. The van der Waals surface area contributed by atoms with Crippen molar-refractivity contribution in [3.63, 3.8) is 0 Å². The molecule has 0 radical (unpaired) electrons. The van der Waals surface area contributed by atoms with Crippen LogP contribution in [-0.2, 0) is 0 Å². The molecule has 0 heterocycles. The van der Waals surface area contributed by atoms with Crippen LogP contribution >= 0.6 is 0 Å². The molecule has 2 N–H and O–H groups in total. The maximum Gasteiger partial charge on any atom is 0.0593 e. The number of hydrogen-bond donors (Lipinski definition) is 2. The van der Waals surface area contributed by atoms with Crippen molar-refractivity contribution < 1.29 is 10.2 Å². The number of unbranched alkanes of at least 4 members (excludes halogenated alkanes) is 2. The highest BCUT2D eigenvalue weighted by Crippen LogP contribution is 2.15. The zero-order chi connectivity index (χ0) is 10.1. The Balaban J connectivity index is 3.63. The van der Waals surface area contributed by atoms with Gasteiger partial charge in [0.15, 0.2) is 0 Å². The van der Waals surface area contributed by atoms with Crippen molar-refractivity contribution >= 4 is 0 Å². The summed E-state index contributed by atoms with van der Waals surface area (Å²) in [6.45, 7) is 5.80. The summed E-state index contributed by atoms with van der Waals surface area (Å²) in [4.78, 5) is 0. The summed E-state index contributed by atoms with van der Waals surface area (Å²) in [5, 5.41) is 18.6. The summed E-state index contributed by atoms with van der Waals surface area (Å²) in [6.07, 6.45) is 6.25. The molecule has 0 aromatic heterocycles. The normalized spacial score (nSPS) is 15.3. The first kappa shape index (κ1) is 12.7. The van der Waals surface area contributed by atoms with Crippen molar-refractivity contribution in [3.8, 4) is 0 Å². The van der Waals surface area contributed by atoms with Gasteiger partial charge >= 0.3 is 0 Å². The molecule has 0 amide bonds. The zero-order valence-corrected chi connectivity index (χ0v) is 8.58. The Kier molecular flexibility index (Phi) is 8.05. The molecule has 0 aliphatic heterocycles. The van der Waals surface area contributed by atoms with E-state index in [1.54, 1.807) is 6.08 Å². The van der Waals surface area contributed by atoms with Gasteiger partial charge < -0.3 is 10.2 Å². The van der Waals surface area contributed by atoms with Crippen LogP contribution in [0.2, 0.25) is 0 Å². The van der Waals surface area contributed by atoms with Gasteiger partial charge in [0, 0.05) is 12.5 Å². The molecule has 13 heavy (non-hydrogen) atoms. The van der Waals surface area contributed by atoms with Crippen LogP contribution in [0, 0.1) is 5.92 Å². The van der Waals surface area contributed by atoms with Crippen molar-refractivity contribution in [1.29, 1.82) is 0 Å². The maximum atomic E-state index is 9.66. The molecule has 0 saturated carbocycles. The molecular weight excluding hydrogens is 164 g/mol. The Morgan fingerprint density at radius 3 is 2.54 bits per heavy atom. The van der Waals surface area contributed by atoms with Crippen molar-refractivity contribution in [2.24, 2.45) is 5.92 Å². The standard InChI is InChI=1S/C11H22O2/c1-3-5-6-8-11(13)10(9-12)7-4-2/h4,10-13H,2-3,5-9H2,1H3/t10-,11-/m0/s1. The summed E-state index contributed by atoms with van der Waals surface area (Å²) in [5.74, 6) is -0.0191. The van der Waals surface area contributed by atoms with Crippen LogP contribution in [0.4, 0.5) is 0 Å². The first-order valence-electron chi connectivity index (χ1n) is 5.16. The van der Waals surface area contributed by atoms with Crippen molar-refractivity contribution in [2.75, 3.05) is 6.61 Å². The minimum Gasteiger partial charge on any atom is -0.396 e. The minimum atomic E-state index is -0.366. The number of allylic oxidation sites excluding steroid dienone is 1. The van der Waals surface area contributed by atoms with E-state index in [0.29, 0.717) is 6.42 Å². The van der Waals surface area contributed by atoms with Crippen molar-refractivity contribution in [3.05, 3.63) is 12.7 Å². The largest absolute Gasteiger partial charge is 0.396 e. The first-order valence-corrected chi connectivity index (χ1v) is 5.16. The monoisotopic (exact) mass is 186 g/mol. The van der Waals surface area contributed by atoms with E-state index in [9.17, 15) is 5.11 Å². The van der Waals surface area contributed by atoms with Gasteiger partial charge in [0.25, 0.3) is 0 Å². The second-order valence-corrected chi connectivity index (χ2v) is 3.53. The summed E-state index contributed by atoms with van der Waals surface area (Å²) in [5.41, 5.74) is 0. The Morgan fingerprint density at radius 1 is 1.38 bits per heavy atom. The molecule has 0 aliphatic carbocycles. The van der Waals surface area contributed by atoms with Crippen molar-refractivity contribution in [2.45, 2.75) is 45.1 Å². The molecular formula is C11H22O2. The van der Waals surface area contributed by atoms with Gasteiger partial charge in [-0.1, -0.05) is 32.3 Å².